The SMILES string of the molecule is COc1cc(-c2cccc(-c3cccc(NC(=O)C4=CNC(O)N(C)C4=O)c3C)c2C)cc(F)c1CNC(C)C. The first-order chi connectivity index (χ1) is 19.0. The molecule has 1 unspecified atom stereocenters. The van der Waals surface area contributed by atoms with Crippen LogP contribution in [0.5, 0.6) is 5.75 Å². The van der Waals surface area contributed by atoms with Gasteiger partial charge in [0.25, 0.3) is 11.8 Å². The molecule has 8 nitrogen and oxygen atoms in total. The van der Waals surface area contributed by atoms with Crippen molar-refractivity contribution in [2.75, 3.05) is 19.5 Å². The third-order valence-corrected chi connectivity index (χ3v) is 7.12. The molecule has 0 radical (unpaired) electrons. The molecule has 3 aromatic carbocycles. The summed E-state index contributed by atoms with van der Waals surface area (Å²) >= 11 is 0. The van der Waals surface area contributed by atoms with Gasteiger partial charge >= 0.3 is 0 Å². The molecule has 0 aromatic heterocycles. The first-order valence-electron chi connectivity index (χ1n) is 13.1. The number of anilines is 1. The van der Waals surface area contributed by atoms with Crippen LogP contribution in [0, 0.1) is 19.7 Å². The van der Waals surface area contributed by atoms with Gasteiger partial charge in [-0.05, 0) is 65.4 Å². The summed E-state index contributed by atoms with van der Waals surface area (Å²) in [6.07, 6.45) is 0.0258. The average Bonchev–Trinajstić information content (AvgIpc) is 2.92. The second kappa shape index (κ2) is 11.9. The van der Waals surface area contributed by atoms with E-state index in [9.17, 15) is 14.7 Å². The fourth-order valence-electron chi connectivity index (χ4n) is 4.71. The molecule has 3 aromatic rings. The van der Waals surface area contributed by atoms with Gasteiger partial charge in [0.05, 0.1) is 7.11 Å². The second-order valence-corrected chi connectivity index (χ2v) is 10.1. The van der Waals surface area contributed by atoms with E-state index in [-0.39, 0.29) is 17.4 Å². The minimum atomic E-state index is -1.19. The summed E-state index contributed by atoms with van der Waals surface area (Å²) in [6.45, 7) is 8.24. The Morgan fingerprint density at radius 3 is 2.42 bits per heavy atom. The van der Waals surface area contributed by atoms with Gasteiger partial charge < -0.3 is 25.8 Å². The number of halogens is 1. The standard InChI is InChI=1S/C31H35FN4O4/c1-17(2)33-15-24-26(32)13-20(14-28(24)40-6)21-9-7-10-22(18(21)3)23-11-8-12-27(19(23)4)35-29(37)25-16-34-31(39)36(5)30(25)38/h7-14,16-17,31,33-34,39H,15H2,1-6H3,(H,35,37). The van der Waals surface area contributed by atoms with Crippen LogP contribution in [0.4, 0.5) is 10.1 Å². The van der Waals surface area contributed by atoms with Crippen LogP contribution in [0.1, 0.15) is 30.5 Å². The van der Waals surface area contributed by atoms with Crippen LogP contribution >= 0.6 is 0 Å². The molecular weight excluding hydrogens is 511 g/mol. The number of ether oxygens (including phenoxy) is 1. The third-order valence-electron chi connectivity index (χ3n) is 7.12. The molecule has 1 aliphatic rings. The van der Waals surface area contributed by atoms with E-state index >= 15 is 4.39 Å². The Morgan fingerprint density at radius 2 is 1.75 bits per heavy atom. The maximum Gasteiger partial charge on any atom is 0.264 e. The summed E-state index contributed by atoms with van der Waals surface area (Å²) in [6, 6.07) is 15.0. The van der Waals surface area contributed by atoms with Crippen LogP contribution in [0.25, 0.3) is 22.3 Å². The lowest BCUT2D eigenvalue weighted by molar-refractivity contribution is -0.139. The van der Waals surface area contributed by atoms with Crippen molar-refractivity contribution in [1.29, 1.82) is 0 Å². The molecule has 40 heavy (non-hydrogen) atoms. The quantitative estimate of drug-likeness (QED) is 0.312. The number of carbonyl (C=O) groups is 2. The van der Waals surface area contributed by atoms with Crippen LogP contribution in [-0.2, 0) is 16.1 Å². The molecule has 0 saturated carbocycles. The predicted molar refractivity (Wildman–Crippen MR) is 154 cm³/mol. The predicted octanol–water partition coefficient (Wildman–Crippen LogP) is 4.44. The lowest BCUT2D eigenvalue weighted by Crippen LogP contribution is -2.50. The van der Waals surface area contributed by atoms with E-state index < -0.39 is 18.2 Å². The fraction of sp³-hybridized carbons (Fsp3) is 0.290. The number of methoxy groups -OCH3 is 1. The van der Waals surface area contributed by atoms with Gasteiger partial charge in [0.1, 0.15) is 17.1 Å². The van der Waals surface area contributed by atoms with Crippen molar-refractivity contribution >= 4 is 17.5 Å². The van der Waals surface area contributed by atoms with Crippen LogP contribution < -0.4 is 20.7 Å². The number of nitrogens with zero attached hydrogens (tertiary/aromatic N) is 1. The molecular formula is C31H35FN4O4. The van der Waals surface area contributed by atoms with Crippen molar-refractivity contribution in [3.8, 4) is 28.0 Å². The zero-order chi connectivity index (χ0) is 29.1. The first kappa shape index (κ1) is 28.8. The van der Waals surface area contributed by atoms with Crippen molar-refractivity contribution in [1.82, 2.24) is 15.5 Å². The van der Waals surface area contributed by atoms with Crippen LogP contribution in [-0.4, -0.2) is 48.4 Å². The Bertz CT molecular complexity index is 1480. The minimum Gasteiger partial charge on any atom is -0.496 e. The van der Waals surface area contributed by atoms with E-state index in [0.717, 1.165) is 32.7 Å². The number of aliphatic hydroxyl groups excluding tert-OH is 1. The van der Waals surface area contributed by atoms with Crippen molar-refractivity contribution in [3.05, 3.63) is 82.8 Å². The largest absolute Gasteiger partial charge is 0.496 e. The number of hydrogen-bond acceptors (Lipinski definition) is 6. The fourth-order valence-corrected chi connectivity index (χ4v) is 4.71. The lowest BCUT2D eigenvalue weighted by atomic mass is 9.90. The summed E-state index contributed by atoms with van der Waals surface area (Å²) < 4.78 is 20.8. The summed E-state index contributed by atoms with van der Waals surface area (Å²) in [5.41, 5.74) is 6.03. The van der Waals surface area contributed by atoms with Crippen molar-refractivity contribution in [2.24, 2.45) is 0 Å². The summed E-state index contributed by atoms with van der Waals surface area (Å²) in [4.78, 5) is 26.5. The molecule has 1 heterocycles. The van der Waals surface area contributed by atoms with Gasteiger partial charge in [0.2, 0.25) is 6.35 Å². The number of aliphatic hydroxyl groups is 1. The Labute approximate surface area is 233 Å². The van der Waals surface area contributed by atoms with Crippen LogP contribution in [0.3, 0.4) is 0 Å². The zero-order valence-corrected chi connectivity index (χ0v) is 23.6. The van der Waals surface area contributed by atoms with E-state index in [1.54, 1.807) is 6.07 Å². The number of likely N-dealkylation sites (N-methyl/N-ethyl adjacent to an activating group) is 1. The Kier molecular flexibility index (Phi) is 8.56. The number of hydrogen-bond donors (Lipinski definition) is 4. The average molecular weight is 547 g/mol. The Morgan fingerprint density at radius 1 is 1.10 bits per heavy atom. The molecule has 4 rings (SSSR count). The first-order valence-corrected chi connectivity index (χ1v) is 13.1. The maximum absolute atomic E-state index is 15.2. The van der Waals surface area contributed by atoms with Crippen LogP contribution in [0.2, 0.25) is 0 Å². The number of carbonyl (C=O) groups excluding carboxylic acids is 2. The van der Waals surface area contributed by atoms with Gasteiger partial charge in [-0.2, -0.15) is 0 Å². The lowest BCUT2D eigenvalue weighted by Gasteiger charge is -2.28. The van der Waals surface area contributed by atoms with Crippen molar-refractivity contribution in [3.63, 3.8) is 0 Å². The third kappa shape index (κ3) is 5.71. The minimum absolute atomic E-state index is 0.112. The van der Waals surface area contributed by atoms with Gasteiger partial charge in [-0.25, -0.2) is 4.39 Å². The maximum atomic E-state index is 15.2. The van der Waals surface area contributed by atoms with Crippen LogP contribution in [0.15, 0.2) is 60.3 Å². The van der Waals surface area contributed by atoms with E-state index in [4.69, 9.17) is 4.74 Å². The van der Waals surface area contributed by atoms with Gasteiger partial charge in [-0.1, -0.05) is 44.2 Å². The molecule has 9 heteroatoms. The zero-order valence-electron chi connectivity index (χ0n) is 23.6. The highest BCUT2D eigenvalue weighted by Crippen LogP contribution is 2.37. The highest BCUT2D eigenvalue weighted by Gasteiger charge is 2.30. The summed E-state index contributed by atoms with van der Waals surface area (Å²) in [5, 5.41) is 18.4. The van der Waals surface area contributed by atoms with E-state index in [1.165, 1.54) is 26.4 Å². The molecule has 1 atom stereocenters. The molecule has 4 N–H and O–H groups in total. The number of rotatable bonds is 8. The summed E-state index contributed by atoms with van der Waals surface area (Å²) in [7, 11) is 2.94. The molecule has 0 spiro atoms. The van der Waals surface area contributed by atoms with Gasteiger partial charge in [0.15, 0.2) is 0 Å². The molecule has 210 valence electrons. The molecule has 1 aliphatic heterocycles. The Balaban J connectivity index is 1.68. The second-order valence-electron chi connectivity index (χ2n) is 10.1. The monoisotopic (exact) mass is 546 g/mol. The van der Waals surface area contributed by atoms with E-state index in [1.807, 2.05) is 64.1 Å². The molecule has 0 bridgehead atoms. The smallest absolute Gasteiger partial charge is 0.264 e. The van der Waals surface area contributed by atoms with Gasteiger partial charge in [0, 0.05) is 37.1 Å². The summed E-state index contributed by atoms with van der Waals surface area (Å²) in [5.74, 6) is -1.04. The van der Waals surface area contributed by atoms with E-state index in [0.29, 0.717) is 29.1 Å². The number of amides is 2. The highest BCUT2D eigenvalue weighted by molar-refractivity contribution is 6.23. The van der Waals surface area contributed by atoms with Crippen molar-refractivity contribution < 1.29 is 23.8 Å². The topological polar surface area (TPSA) is 103 Å². The normalized spacial score (nSPS) is 15.1. The number of benzene rings is 3. The van der Waals surface area contributed by atoms with Crippen molar-refractivity contribution in [2.45, 2.75) is 46.6 Å². The molecule has 0 fully saturated rings. The van der Waals surface area contributed by atoms with E-state index in [2.05, 4.69) is 16.0 Å². The highest BCUT2D eigenvalue weighted by atomic mass is 19.1. The van der Waals surface area contributed by atoms with Gasteiger partial charge in [-0.15, -0.1) is 0 Å². The van der Waals surface area contributed by atoms with Gasteiger partial charge in [-0.3, -0.25) is 14.5 Å². The number of nitrogens with one attached hydrogen (secondary N) is 3. The Hall–Kier alpha value is -4.21. The molecule has 2 amide bonds. The molecule has 0 aliphatic carbocycles. The molecule has 0 saturated heterocycles.